The van der Waals surface area contributed by atoms with Crippen molar-refractivity contribution in [3.8, 4) is 0 Å². The molecule has 82 valence electrons. The van der Waals surface area contributed by atoms with Crippen LogP contribution in [0.3, 0.4) is 0 Å². The Labute approximate surface area is 90.1 Å². The van der Waals surface area contributed by atoms with Crippen molar-refractivity contribution in [2.75, 3.05) is 19.3 Å². The highest BCUT2D eigenvalue weighted by atomic mass is 16.2. The van der Waals surface area contributed by atoms with Gasteiger partial charge >= 0.3 is 0 Å². The molecule has 1 heterocycles. The van der Waals surface area contributed by atoms with Gasteiger partial charge in [0, 0.05) is 19.8 Å². The summed E-state index contributed by atoms with van der Waals surface area (Å²) in [6, 6.07) is 3.41. The van der Waals surface area contributed by atoms with Gasteiger partial charge in [-0.15, -0.1) is 0 Å². The third-order valence-electron chi connectivity index (χ3n) is 2.24. The number of carbonyl (C=O) groups is 1. The number of nitrogens with zero attached hydrogens (tertiary/aromatic N) is 2. The Bertz CT molecular complexity index is 338. The van der Waals surface area contributed by atoms with E-state index in [1.54, 1.807) is 30.3 Å². The first kappa shape index (κ1) is 11.5. The molecule has 0 saturated carbocycles. The van der Waals surface area contributed by atoms with E-state index in [1.165, 1.54) is 0 Å². The van der Waals surface area contributed by atoms with Crippen LogP contribution in [0.15, 0.2) is 18.3 Å². The van der Waals surface area contributed by atoms with E-state index >= 15 is 0 Å². The number of carbonyl (C=O) groups excluding carboxylic acids is 1. The summed E-state index contributed by atoms with van der Waals surface area (Å²) >= 11 is 0. The van der Waals surface area contributed by atoms with Crippen molar-refractivity contribution in [2.24, 2.45) is 0 Å². The summed E-state index contributed by atoms with van der Waals surface area (Å²) in [4.78, 5) is 17.5. The molecule has 0 spiro atoms. The van der Waals surface area contributed by atoms with E-state index < -0.39 is 0 Å². The fraction of sp³-hybridized carbons (Fsp3) is 0.455. The van der Waals surface area contributed by atoms with Gasteiger partial charge in [-0.2, -0.15) is 0 Å². The van der Waals surface area contributed by atoms with Gasteiger partial charge < -0.3 is 10.6 Å². The van der Waals surface area contributed by atoms with Crippen LogP contribution in [0.1, 0.15) is 30.3 Å². The van der Waals surface area contributed by atoms with Crippen molar-refractivity contribution in [2.45, 2.75) is 19.8 Å². The number of rotatable bonds is 4. The molecule has 0 bridgehead atoms. The average Bonchev–Trinajstić information content (AvgIpc) is 2.25. The van der Waals surface area contributed by atoms with Gasteiger partial charge in [0.2, 0.25) is 0 Å². The second kappa shape index (κ2) is 5.34. The first-order chi connectivity index (χ1) is 7.16. The predicted octanol–water partition coefficient (Wildman–Crippen LogP) is 1.54. The molecular weight excluding hydrogens is 190 g/mol. The number of nitrogens with two attached hydrogens (primary N) is 1. The first-order valence-electron chi connectivity index (χ1n) is 5.12. The number of pyridine rings is 1. The highest BCUT2D eigenvalue weighted by molar-refractivity contribution is 5.96. The lowest BCUT2D eigenvalue weighted by atomic mass is 10.2. The molecule has 0 unspecified atom stereocenters. The number of anilines is 1. The van der Waals surface area contributed by atoms with Crippen LogP contribution in [0, 0.1) is 0 Å². The molecule has 1 rings (SSSR count). The zero-order valence-corrected chi connectivity index (χ0v) is 9.23. The van der Waals surface area contributed by atoms with Crippen LogP contribution in [0.25, 0.3) is 0 Å². The summed E-state index contributed by atoms with van der Waals surface area (Å²) in [5, 5.41) is 0. The fourth-order valence-corrected chi connectivity index (χ4v) is 1.27. The van der Waals surface area contributed by atoms with Gasteiger partial charge in [0.1, 0.15) is 0 Å². The summed E-state index contributed by atoms with van der Waals surface area (Å²) in [6.07, 6.45) is 3.64. The maximum absolute atomic E-state index is 11.9. The van der Waals surface area contributed by atoms with Gasteiger partial charge in [-0.05, 0) is 18.6 Å². The van der Waals surface area contributed by atoms with Gasteiger partial charge in [-0.25, -0.2) is 4.98 Å². The number of amides is 1. The highest BCUT2D eigenvalue weighted by Crippen LogP contribution is 2.09. The predicted molar refractivity (Wildman–Crippen MR) is 60.5 cm³/mol. The molecule has 0 atom stereocenters. The Balaban J connectivity index is 2.72. The zero-order valence-electron chi connectivity index (χ0n) is 9.23. The molecule has 1 amide bonds. The minimum absolute atomic E-state index is 0.110. The quantitative estimate of drug-likeness (QED) is 0.814. The van der Waals surface area contributed by atoms with Crippen LogP contribution < -0.4 is 5.73 Å². The van der Waals surface area contributed by atoms with Crippen molar-refractivity contribution >= 4 is 11.6 Å². The van der Waals surface area contributed by atoms with E-state index in [4.69, 9.17) is 5.73 Å². The number of hydrogen-bond acceptors (Lipinski definition) is 3. The molecule has 1 aromatic rings. The van der Waals surface area contributed by atoms with Crippen LogP contribution >= 0.6 is 0 Å². The van der Waals surface area contributed by atoms with Crippen molar-refractivity contribution in [3.05, 3.63) is 24.0 Å². The van der Waals surface area contributed by atoms with Gasteiger partial charge in [0.05, 0.1) is 5.69 Å². The number of unbranched alkanes of at least 4 members (excludes halogenated alkanes) is 1. The number of hydrogen-bond donors (Lipinski definition) is 1. The Morgan fingerprint density at radius 3 is 2.93 bits per heavy atom. The Morgan fingerprint density at radius 1 is 1.60 bits per heavy atom. The number of aromatic nitrogens is 1. The van der Waals surface area contributed by atoms with Gasteiger partial charge in [0.15, 0.2) is 5.69 Å². The summed E-state index contributed by atoms with van der Waals surface area (Å²) in [6.45, 7) is 2.83. The smallest absolute Gasteiger partial charge is 0.274 e. The third kappa shape index (κ3) is 2.94. The van der Waals surface area contributed by atoms with Crippen LogP contribution in [0.2, 0.25) is 0 Å². The van der Waals surface area contributed by atoms with E-state index in [0.717, 1.165) is 19.4 Å². The maximum Gasteiger partial charge on any atom is 0.274 e. The normalized spacial score (nSPS) is 10.0. The monoisotopic (exact) mass is 207 g/mol. The summed E-state index contributed by atoms with van der Waals surface area (Å²) < 4.78 is 0. The molecule has 0 aliphatic carbocycles. The first-order valence-corrected chi connectivity index (χ1v) is 5.12. The van der Waals surface area contributed by atoms with E-state index in [-0.39, 0.29) is 5.91 Å². The van der Waals surface area contributed by atoms with Crippen LogP contribution in [-0.2, 0) is 0 Å². The second-order valence-corrected chi connectivity index (χ2v) is 3.52. The highest BCUT2D eigenvalue weighted by Gasteiger charge is 2.14. The molecule has 15 heavy (non-hydrogen) atoms. The van der Waals surface area contributed by atoms with Crippen molar-refractivity contribution < 1.29 is 4.79 Å². The second-order valence-electron chi connectivity index (χ2n) is 3.52. The van der Waals surface area contributed by atoms with Gasteiger partial charge in [-0.3, -0.25) is 4.79 Å². The molecule has 1 aromatic heterocycles. The Morgan fingerprint density at radius 2 is 2.33 bits per heavy atom. The molecule has 0 aliphatic rings. The summed E-state index contributed by atoms with van der Waals surface area (Å²) in [5.41, 5.74) is 6.46. The minimum atomic E-state index is -0.110. The third-order valence-corrected chi connectivity index (χ3v) is 2.24. The molecule has 0 fully saturated rings. The molecule has 0 aliphatic heterocycles. The Hall–Kier alpha value is -1.58. The van der Waals surface area contributed by atoms with Gasteiger partial charge in [0.25, 0.3) is 5.91 Å². The standard InChI is InChI=1S/C11H17N3O/c1-3-4-8-14(2)11(15)10-9(12)6-5-7-13-10/h5-7H,3-4,8,12H2,1-2H3. The minimum Gasteiger partial charge on any atom is -0.397 e. The molecule has 0 aromatic carbocycles. The fourth-order valence-electron chi connectivity index (χ4n) is 1.27. The van der Waals surface area contributed by atoms with Crippen molar-refractivity contribution in [3.63, 3.8) is 0 Å². The molecule has 2 N–H and O–H groups in total. The van der Waals surface area contributed by atoms with E-state index in [9.17, 15) is 4.79 Å². The lowest BCUT2D eigenvalue weighted by molar-refractivity contribution is 0.0788. The van der Waals surface area contributed by atoms with E-state index in [0.29, 0.717) is 11.4 Å². The number of nitrogen functional groups attached to an aromatic ring is 1. The van der Waals surface area contributed by atoms with Crippen LogP contribution in [0.4, 0.5) is 5.69 Å². The topological polar surface area (TPSA) is 59.2 Å². The molecule has 4 nitrogen and oxygen atoms in total. The van der Waals surface area contributed by atoms with Crippen molar-refractivity contribution in [1.29, 1.82) is 0 Å². The molecule has 0 saturated heterocycles. The zero-order chi connectivity index (χ0) is 11.3. The average molecular weight is 207 g/mol. The van der Waals surface area contributed by atoms with E-state index in [1.807, 2.05) is 0 Å². The molecule has 4 heteroatoms. The molecular formula is C11H17N3O. The van der Waals surface area contributed by atoms with Gasteiger partial charge in [-0.1, -0.05) is 13.3 Å². The Kier molecular flexibility index (Phi) is 4.09. The summed E-state index contributed by atoms with van der Waals surface area (Å²) in [5.74, 6) is -0.110. The lowest BCUT2D eigenvalue weighted by Gasteiger charge is -2.16. The van der Waals surface area contributed by atoms with Crippen molar-refractivity contribution in [1.82, 2.24) is 9.88 Å². The van der Waals surface area contributed by atoms with Crippen LogP contribution in [-0.4, -0.2) is 29.4 Å². The largest absolute Gasteiger partial charge is 0.397 e. The lowest BCUT2D eigenvalue weighted by Crippen LogP contribution is -2.29. The van der Waals surface area contributed by atoms with E-state index in [2.05, 4.69) is 11.9 Å². The summed E-state index contributed by atoms with van der Waals surface area (Å²) in [7, 11) is 1.77. The van der Waals surface area contributed by atoms with Crippen LogP contribution in [0.5, 0.6) is 0 Å². The SMILES string of the molecule is CCCCN(C)C(=O)c1ncccc1N. The molecule has 0 radical (unpaired) electrons. The maximum atomic E-state index is 11.9.